The van der Waals surface area contributed by atoms with E-state index in [-0.39, 0.29) is 5.82 Å². The van der Waals surface area contributed by atoms with Crippen molar-refractivity contribution < 1.29 is 4.39 Å². The molecule has 0 aliphatic carbocycles. The van der Waals surface area contributed by atoms with Crippen LogP contribution >= 0.6 is 0 Å². The summed E-state index contributed by atoms with van der Waals surface area (Å²) >= 11 is 0. The van der Waals surface area contributed by atoms with E-state index in [2.05, 4.69) is 20.6 Å². The minimum atomic E-state index is -0.298. The van der Waals surface area contributed by atoms with Crippen molar-refractivity contribution in [1.82, 2.24) is 9.97 Å². The van der Waals surface area contributed by atoms with E-state index in [1.807, 2.05) is 31.2 Å². The van der Waals surface area contributed by atoms with Crippen LogP contribution in [0.5, 0.6) is 0 Å². The van der Waals surface area contributed by atoms with Gasteiger partial charge in [0.25, 0.3) is 0 Å². The maximum absolute atomic E-state index is 13.2. The van der Waals surface area contributed by atoms with Crippen LogP contribution in [-0.4, -0.2) is 16.5 Å². The summed E-state index contributed by atoms with van der Waals surface area (Å²) in [7, 11) is 0. The molecule has 0 radical (unpaired) electrons. The topological polar surface area (TPSA) is 49.8 Å². The van der Waals surface area contributed by atoms with Crippen LogP contribution in [0.25, 0.3) is 10.9 Å². The minimum Gasteiger partial charge on any atom is -0.370 e. The van der Waals surface area contributed by atoms with E-state index >= 15 is 0 Å². The largest absolute Gasteiger partial charge is 0.370 e. The quantitative estimate of drug-likeness (QED) is 0.761. The van der Waals surface area contributed by atoms with Crippen molar-refractivity contribution in [3.63, 3.8) is 0 Å². The summed E-state index contributed by atoms with van der Waals surface area (Å²) < 4.78 is 13.2. The zero-order valence-electron chi connectivity index (χ0n) is 11.6. The first-order valence-corrected chi connectivity index (χ1v) is 6.79. The lowest BCUT2D eigenvalue weighted by molar-refractivity contribution is 0.628. The lowest BCUT2D eigenvalue weighted by Crippen LogP contribution is -2.04. The molecule has 0 unspecified atom stereocenters. The van der Waals surface area contributed by atoms with Gasteiger partial charge in [-0.1, -0.05) is 18.2 Å². The lowest BCUT2D eigenvalue weighted by atomic mass is 10.2. The number of aromatic nitrogens is 2. The fourth-order valence-electron chi connectivity index (χ4n) is 2.13. The van der Waals surface area contributed by atoms with Gasteiger partial charge in [-0.3, -0.25) is 0 Å². The smallest absolute Gasteiger partial charge is 0.229 e. The van der Waals surface area contributed by atoms with Crippen LogP contribution in [-0.2, 0) is 0 Å². The molecule has 0 spiro atoms. The number of fused-ring (bicyclic) bond motifs is 1. The SMILES string of the molecule is CCNc1nc(Nc2cccc(F)c2)nc2ccccc12. The molecule has 0 aliphatic rings. The summed E-state index contributed by atoms with van der Waals surface area (Å²) in [5, 5.41) is 7.22. The number of nitrogens with zero attached hydrogens (tertiary/aromatic N) is 2. The van der Waals surface area contributed by atoms with Crippen LogP contribution in [0, 0.1) is 5.82 Å². The third-order valence-electron chi connectivity index (χ3n) is 3.03. The Bertz CT molecular complexity index is 773. The van der Waals surface area contributed by atoms with E-state index in [4.69, 9.17) is 0 Å². The molecule has 1 aromatic heterocycles. The van der Waals surface area contributed by atoms with Crippen LogP contribution in [0.2, 0.25) is 0 Å². The molecular formula is C16H15FN4. The van der Waals surface area contributed by atoms with Crippen molar-refractivity contribution in [2.45, 2.75) is 6.92 Å². The number of nitrogens with one attached hydrogen (secondary N) is 2. The molecule has 3 rings (SSSR count). The van der Waals surface area contributed by atoms with Crippen LogP contribution in [0.1, 0.15) is 6.92 Å². The molecule has 0 bridgehead atoms. The molecule has 1 heterocycles. The van der Waals surface area contributed by atoms with Gasteiger partial charge < -0.3 is 10.6 Å². The van der Waals surface area contributed by atoms with E-state index in [1.54, 1.807) is 12.1 Å². The van der Waals surface area contributed by atoms with Gasteiger partial charge in [0, 0.05) is 17.6 Å². The summed E-state index contributed by atoms with van der Waals surface area (Å²) in [6.45, 7) is 2.77. The number of hydrogen-bond donors (Lipinski definition) is 2. The lowest BCUT2D eigenvalue weighted by Gasteiger charge is -2.10. The minimum absolute atomic E-state index is 0.298. The molecule has 0 amide bonds. The van der Waals surface area contributed by atoms with Gasteiger partial charge in [-0.25, -0.2) is 9.37 Å². The van der Waals surface area contributed by atoms with Crippen molar-refractivity contribution in [2.75, 3.05) is 17.2 Å². The highest BCUT2D eigenvalue weighted by Gasteiger charge is 2.07. The van der Waals surface area contributed by atoms with Crippen LogP contribution in [0.4, 0.5) is 21.8 Å². The predicted octanol–water partition coefficient (Wildman–Crippen LogP) is 3.94. The zero-order valence-corrected chi connectivity index (χ0v) is 11.6. The van der Waals surface area contributed by atoms with Gasteiger partial charge in [-0.05, 0) is 37.3 Å². The monoisotopic (exact) mass is 282 g/mol. The number of para-hydroxylation sites is 1. The first-order chi connectivity index (χ1) is 10.3. The molecule has 0 fully saturated rings. The first kappa shape index (κ1) is 13.3. The Morgan fingerprint density at radius 1 is 1.05 bits per heavy atom. The Labute approximate surface area is 122 Å². The molecule has 2 N–H and O–H groups in total. The number of halogens is 1. The van der Waals surface area contributed by atoms with Gasteiger partial charge in [0.1, 0.15) is 11.6 Å². The number of hydrogen-bond acceptors (Lipinski definition) is 4. The summed E-state index contributed by atoms with van der Waals surface area (Å²) in [6.07, 6.45) is 0. The standard InChI is InChI=1S/C16H15FN4/c1-2-18-15-13-8-3-4-9-14(13)20-16(21-15)19-12-7-5-6-11(17)10-12/h3-10H,2H2,1H3,(H2,18,19,20,21). The molecule has 4 nitrogen and oxygen atoms in total. The molecule has 5 heteroatoms. The molecule has 0 saturated heterocycles. The fourth-order valence-corrected chi connectivity index (χ4v) is 2.13. The maximum atomic E-state index is 13.2. The second kappa shape index (κ2) is 5.75. The average Bonchev–Trinajstić information content (AvgIpc) is 2.47. The van der Waals surface area contributed by atoms with Crippen molar-refractivity contribution >= 4 is 28.4 Å². The predicted molar refractivity (Wildman–Crippen MR) is 83.4 cm³/mol. The number of anilines is 3. The zero-order chi connectivity index (χ0) is 14.7. The van der Waals surface area contributed by atoms with Gasteiger partial charge in [0.05, 0.1) is 5.52 Å². The Hall–Kier alpha value is -2.69. The molecule has 2 aromatic carbocycles. The van der Waals surface area contributed by atoms with Crippen molar-refractivity contribution in [1.29, 1.82) is 0 Å². The van der Waals surface area contributed by atoms with Crippen LogP contribution in [0.15, 0.2) is 48.5 Å². The fraction of sp³-hybridized carbons (Fsp3) is 0.125. The number of benzene rings is 2. The van der Waals surface area contributed by atoms with E-state index in [9.17, 15) is 4.39 Å². The molecule has 0 atom stereocenters. The third-order valence-corrected chi connectivity index (χ3v) is 3.03. The normalized spacial score (nSPS) is 10.6. The van der Waals surface area contributed by atoms with Gasteiger partial charge in [-0.15, -0.1) is 0 Å². The molecule has 106 valence electrons. The summed E-state index contributed by atoms with van der Waals surface area (Å²) in [5.74, 6) is 0.907. The second-order valence-electron chi connectivity index (χ2n) is 4.58. The maximum Gasteiger partial charge on any atom is 0.229 e. The second-order valence-corrected chi connectivity index (χ2v) is 4.58. The van der Waals surface area contributed by atoms with Gasteiger partial charge in [-0.2, -0.15) is 4.98 Å². The first-order valence-electron chi connectivity index (χ1n) is 6.79. The third kappa shape index (κ3) is 2.91. The van der Waals surface area contributed by atoms with Crippen LogP contribution in [0.3, 0.4) is 0 Å². The Morgan fingerprint density at radius 3 is 2.71 bits per heavy atom. The van der Waals surface area contributed by atoms with Crippen molar-refractivity contribution in [3.8, 4) is 0 Å². The van der Waals surface area contributed by atoms with Crippen LogP contribution < -0.4 is 10.6 Å². The molecule has 0 aliphatic heterocycles. The molecular weight excluding hydrogens is 267 g/mol. The molecule has 3 aromatic rings. The van der Waals surface area contributed by atoms with Gasteiger partial charge in [0.15, 0.2) is 0 Å². The Kier molecular flexibility index (Phi) is 3.64. The van der Waals surface area contributed by atoms with E-state index in [0.29, 0.717) is 11.6 Å². The van der Waals surface area contributed by atoms with E-state index in [0.717, 1.165) is 23.3 Å². The molecule has 21 heavy (non-hydrogen) atoms. The van der Waals surface area contributed by atoms with Crippen molar-refractivity contribution in [2.24, 2.45) is 0 Å². The highest BCUT2D eigenvalue weighted by Crippen LogP contribution is 2.23. The summed E-state index contributed by atoms with van der Waals surface area (Å²) in [5.41, 5.74) is 1.45. The highest BCUT2D eigenvalue weighted by molar-refractivity contribution is 5.90. The van der Waals surface area contributed by atoms with E-state index < -0.39 is 0 Å². The Balaban J connectivity index is 2.02. The van der Waals surface area contributed by atoms with Gasteiger partial charge >= 0.3 is 0 Å². The van der Waals surface area contributed by atoms with E-state index in [1.165, 1.54) is 12.1 Å². The van der Waals surface area contributed by atoms with Crippen molar-refractivity contribution in [3.05, 3.63) is 54.3 Å². The van der Waals surface area contributed by atoms with Gasteiger partial charge in [0.2, 0.25) is 5.95 Å². The average molecular weight is 282 g/mol. The highest BCUT2D eigenvalue weighted by atomic mass is 19.1. The molecule has 0 saturated carbocycles. The summed E-state index contributed by atoms with van der Waals surface area (Å²) in [4.78, 5) is 8.92. The number of rotatable bonds is 4. The Morgan fingerprint density at radius 2 is 1.90 bits per heavy atom. The summed E-state index contributed by atoms with van der Waals surface area (Å²) in [6, 6.07) is 14.0.